The summed E-state index contributed by atoms with van der Waals surface area (Å²) in [5.74, 6) is -0.889. The van der Waals surface area contributed by atoms with E-state index in [9.17, 15) is 9.59 Å². The van der Waals surface area contributed by atoms with Crippen molar-refractivity contribution < 1.29 is 19.1 Å². The van der Waals surface area contributed by atoms with E-state index in [1.807, 2.05) is 25.1 Å². The number of carbonyl (C=O) groups excluding carboxylic acids is 2. The molecule has 7 nitrogen and oxygen atoms in total. The maximum atomic E-state index is 12.5. The van der Waals surface area contributed by atoms with Crippen molar-refractivity contribution >= 4 is 27.8 Å². The SMILES string of the molecule is COc1ccc(C)cc1-n1cnc(C(=O)OC(C(N)=O)c2ccc(Br)cc2)c1. The Morgan fingerprint density at radius 2 is 1.89 bits per heavy atom. The second kappa shape index (κ2) is 8.26. The molecule has 2 aromatic carbocycles. The summed E-state index contributed by atoms with van der Waals surface area (Å²) in [7, 11) is 1.57. The van der Waals surface area contributed by atoms with Crippen molar-refractivity contribution in [2.45, 2.75) is 13.0 Å². The molecule has 8 heteroatoms. The number of esters is 1. The van der Waals surface area contributed by atoms with Crippen LogP contribution in [0, 0.1) is 6.92 Å². The second-order valence-electron chi connectivity index (χ2n) is 6.08. The first-order chi connectivity index (χ1) is 13.4. The molecule has 0 radical (unpaired) electrons. The van der Waals surface area contributed by atoms with Gasteiger partial charge < -0.3 is 19.8 Å². The number of carbonyl (C=O) groups is 2. The zero-order valence-corrected chi connectivity index (χ0v) is 16.8. The number of benzene rings is 2. The number of nitrogens with zero attached hydrogens (tertiary/aromatic N) is 2. The molecule has 0 saturated carbocycles. The van der Waals surface area contributed by atoms with Crippen LogP contribution in [0.25, 0.3) is 5.69 Å². The molecule has 0 aliphatic heterocycles. The lowest BCUT2D eigenvalue weighted by Gasteiger charge is -2.14. The Morgan fingerprint density at radius 1 is 1.18 bits per heavy atom. The molecule has 2 N–H and O–H groups in total. The van der Waals surface area contributed by atoms with Crippen molar-refractivity contribution in [2.75, 3.05) is 7.11 Å². The van der Waals surface area contributed by atoms with Crippen molar-refractivity contribution in [1.29, 1.82) is 0 Å². The van der Waals surface area contributed by atoms with Crippen LogP contribution >= 0.6 is 15.9 Å². The monoisotopic (exact) mass is 443 g/mol. The summed E-state index contributed by atoms with van der Waals surface area (Å²) in [4.78, 5) is 28.4. The molecule has 3 rings (SSSR count). The van der Waals surface area contributed by atoms with E-state index in [1.54, 1.807) is 35.9 Å². The molecular formula is C20H18BrN3O4. The van der Waals surface area contributed by atoms with Crippen molar-refractivity contribution in [2.24, 2.45) is 5.73 Å². The topological polar surface area (TPSA) is 96.4 Å². The largest absolute Gasteiger partial charge is 0.495 e. The lowest BCUT2D eigenvalue weighted by atomic mass is 10.1. The summed E-state index contributed by atoms with van der Waals surface area (Å²) in [5.41, 5.74) is 7.69. The van der Waals surface area contributed by atoms with E-state index in [4.69, 9.17) is 15.2 Å². The first-order valence-electron chi connectivity index (χ1n) is 8.34. The molecule has 3 aromatic rings. The number of aromatic nitrogens is 2. The molecule has 0 aliphatic rings. The molecule has 1 amide bonds. The Hall–Kier alpha value is -3.13. The molecule has 1 aromatic heterocycles. The van der Waals surface area contributed by atoms with Gasteiger partial charge in [-0.3, -0.25) is 4.79 Å². The number of rotatable bonds is 6. The van der Waals surface area contributed by atoms with Crippen LogP contribution in [-0.2, 0) is 9.53 Å². The van der Waals surface area contributed by atoms with Crippen LogP contribution in [0.1, 0.15) is 27.7 Å². The van der Waals surface area contributed by atoms with Crippen molar-refractivity contribution in [3.8, 4) is 11.4 Å². The summed E-state index contributed by atoms with van der Waals surface area (Å²) in [6, 6.07) is 12.4. The van der Waals surface area contributed by atoms with E-state index in [0.29, 0.717) is 11.3 Å². The minimum absolute atomic E-state index is 0.0481. The van der Waals surface area contributed by atoms with Gasteiger partial charge in [-0.1, -0.05) is 34.1 Å². The first-order valence-corrected chi connectivity index (χ1v) is 9.13. The number of nitrogens with two attached hydrogens (primary N) is 1. The van der Waals surface area contributed by atoms with E-state index >= 15 is 0 Å². The lowest BCUT2D eigenvalue weighted by Crippen LogP contribution is -2.26. The van der Waals surface area contributed by atoms with E-state index in [2.05, 4.69) is 20.9 Å². The highest BCUT2D eigenvalue weighted by molar-refractivity contribution is 9.10. The second-order valence-corrected chi connectivity index (χ2v) is 7.00. The Bertz CT molecular complexity index is 1010. The van der Waals surface area contributed by atoms with Crippen LogP contribution in [0.3, 0.4) is 0 Å². The molecule has 28 heavy (non-hydrogen) atoms. The molecule has 0 spiro atoms. The molecule has 0 bridgehead atoms. The zero-order chi connectivity index (χ0) is 20.3. The molecule has 0 saturated heterocycles. The number of hydrogen-bond donors (Lipinski definition) is 1. The maximum absolute atomic E-state index is 12.5. The first kappa shape index (κ1) is 19.6. The van der Waals surface area contributed by atoms with Gasteiger partial charge in [0.05, 0.1) is 12.8 Å². The fourth-order valence-electron chi connectivity index (χ4n) is 2.66. The number of ether oxygens (including phenoxy) is 2. The number of amides is 1. The quantitative estimate of drug-likeness (QED) is 0.589. The van der Waals surface area contributed by atoms with E-state index < -0.39 is 18.0 Å². The third-order valence-corrected chi connectivity index (χ3v) is 4.59. The Balaban J connectivity index is 1.84. The van der Waals surface area contributed by atoms with Gasteiger partial charge in [-0.25, -0.2) is 9.78 Å². The molecule has 1 atom stereocenters. The predicted octanol–water partition coefficient (Wildman–Crippen LogP) is 3.34. The van der Waals surface area contributed by atoms with Crippen molar-refractivity contribution in [3.05, 3.63) is 76.3 Å². The third-order valence-electron chi connectivity index (χ3n) is 4.06. The van der Waals surface area contributed by atoms with Gasteiger partial charge in [0.15, 0.2) is 5.69 Å². The van der Waals surface area contributed by atoms with Crippen LogP contribution in [0.15, 0.2) is 59.5 Å². The molecule has 0 fully saturated rings. The number of aryl methyl sites for hydroxylation is 1. The van der Waals surface area contributed by atoms with Crippen LogP contribution in [0.4, 0.5) is 0 Å². The Morgan fingerprint density at radius 3 is 2.54 bits per heavy atom. The van der Waals surface area contributed by atoms with E-state index in [-0.39, 0.29) is 5.69 Å². The minimum Gasteiger partial charge on any atom is -0.495 e. The van der Waals surface area contributed by atoms with Gasteiger partial charge in [0.1, 0.15) is 12.1 Å². The van der Waals surface area contributed by atoms with Gasteiger partial charge in [0.25, 0.3) is 5.91 Å². The van der Waals surface area contributed by atoms with E-state index in [1.165, 1.54) is 12.5 Å². The van der Waals surface area contributed by atoms with Crippen molar-refractivity contribution in [3.63, 3.8) is 0 Å². The van der Waals surface area contributed by atoms with Gasteiger partial charge >= 0.3 is 5.97 Å². The van der Waals surface area contributed by atoms with Gasteiger partial charge in [-0.05, 0) is 36.8 Å². The normalized spacial score (nSPS) is 11.7. The third kappa shape index (κ3) is 4.23. The summed E-state index contributed by atoms with van der Waals surface area (Å²) >= 11 is 3.31. The Kier molecular flexibility index (Phi) is 5.79. The average Bonchev–Trinajstić information content (AvgIpc) is 3.17. The maximum Gasteiger partial charge on any atom is 0.359 e. The van der Waals surface area contributed by atoms with Crippen LogP contribution in [0.5, 0.6) is 5.75 Å². The molecule has 0 aliphatic carbocycles. The number of primary amides is 1. The molecule has 1 unspecified atom stereocenters. The highest BCUT2D eigenvalue weighted by atomic mass is 79.9. The molecular weight excluding hydrogens is 426 g/mol. The van der Waals surface area contributed by atoms with Gasteiger partial charge in [0.2, 0.25) is 6.10 Å². The summed E-state index contributed by atoms with van der Waals surface area (Å²) in [6.07, 6.45) is 1.78. The lowest BCUT2D eigenvalue weighted by molar-refractivity contribution is -0.127. The summed E-state index contributed by atoms with van der Waals surface area (Å²) < 4.78 is 13.2. The highest BCUT2D eigenvalue weighted by Gasteiger charge is 2.25. The molecule has 144 valence electrons. The van der Waals surface area contributed by atoms with Crippen LogP contribution in [0.2, 0.25) is 0 Å². The van der Waals surface area contributed by atoms with E-state index in [0.717, 1.165) is 15.7 Å². The van der Waals surface area contributed by atoms with Crippen molar-refractivity contribution in [1.82, 2.24) is 9.55 Å². The predicted molar refractivity (Wildman–Crippen MR) is 106 cm³/mol. The fourth-order valence-corrected chi connectivity index (χ4v) is 2.92. The van der Waals surface area contributed by atoms with Gasteiger partial charge in [0, 0.05) is 16.2 Å². The number of imidazole rings is 1. The summed E-state index contributed by atoms with van der Waals surface area (Å²) in [5, 5.41) is 0. The fraction of sp³-hybridized carbons (Fsp3) is 0.150. The van der Waals surface area contributed by atoms with Crippen LogP contribution in [-0.4, -0.2) is 28.5 Å². The minimum atomic E-state index is -1.21. The summed E-state index contributed by atoms with van der Waals surface area (Å²) in [6.45, 7) is 1.95. The Labute approximate surface area is 170 Å². The standard InChI is InChI=1S/C20H18BrN3O4/c1-12-3-8-17(27-2)16(9-12)24-10-15(23-11-24)20(26)28-18(19(22)25)13-4-6-14(21)7-5-13/h3-11,18H,1-2H3,(H2,22,25). The number of methoxy groups -OCH3 is 1. The number of halogens is 1. The average molecular weight is 444 g/mol. The highest BCUT2D eigenvalue weighted by Crippen LogP contribution is 2.25. The zero-order valence-electron chi connectivity index (χ0n) is 15.3. The van der Waals surface area contributed by atoms with Crippen LogP contribution < -0.4 is 10.5 Å². The van der Waals surface area contributed by atoms with Gasteiger partial charge in [-0.2, -0.15) is 0 Å². The van der Waals surface area contributed by atoms with Gasteiger partial charge in [-0.15, -0.1) is 0 Å². The molecule has 1 heterocycles. The number of hydrogen-bond acceptors (Lipinski definition) is 5. The smallest absolute Gasteiger partial charge is 0.359 e.